The second-order valence-corrected chi connectivity index (χ2v) is 34.0. The van der Waals surface area contributed by atoms with Crippen LogP contribution in [0.25, 0.3) is 16.6 Å². The van der Waals surface area contributed by atoms with Gasteiger partial charge >= 0.3 is 11.9 Å². The van der Waals surface area contributed by atoms with E-state index in [0.717, 1.165) is 144 Å². The zero-order valence-corrected chi connectivity index (χ0v) is 64.3. The van der Waals surface area contributed by atoms with E-state index < -0.39 is 90.0 Å². The monoisotopic (exact) mass is 1610 g/mol. The molecule has 5 aromatic carbocycles. The summed E-state index contributed by atoms with van der Waals surface area (Å²) < 4.78 is 148. The van der Waals surface area contributed by atoms with Gasteiger partial charge in [0.2, 0.25) is 25.9 Å². The summed E-state index contributed by atoms with van der Waals surface area (Å²) in [5.41, 5.74) is 8.90. The number of halogens is 4. The number of ketones is 1. The van der Waals surface area contributed by atoms with E-state index >= 15 is 0 Å². The summed E-state index contributed by atoms with van der Waals surface area (Å²) in [7, 11) is -12.4. The van der Waals surface area contributed by atoms with Crippen LogP contribution in [0.2, 0.25) is 0 Å². The molecule has 3 atom stereocenters. The minimum Gasteiger partial charge on any atom is -0.455 e. The lowest BCUT2D eigenvalue weighted by Crippen LogP contribution is -2.47. The van der Waals surface area contributed by atoms with E-state index in [1.807, 2.05) is 6.07 Å². The van der Waals surface area contributed by atoms with Crippen LogP contribution in [0, 0.1) is 66.3 Å². The van der Waals surface area contributed by atoms with Gasteiger partial charge in [-0.1, -0.05) is 25.5 Å². The van der Waals surface area contributed by atoms with E-state index in [9.17, 15) is 78.0 Å². The largest absolute Gasteiger partial charge is 0.455 e. The van der Waals surface area contributed by atoms with Crippen LogP contribution in [0.3, 0.4) is 0 Å². The van der Waals surface area contributed by atoms with Crippen LogP contribution in [-0.2, 0) is 50.3 Å². The maximum absolute atomic E-state index is 14.1. The summed E-state index contributed by atoms with van der Waals surface area (Å²) >= 11 is 0. The number of benzene rings is 5. The van der Waals surface area contributed by atoms with Crippen molar-refractivity contribution in [2.24, 2.45) is 39.2 Å². The number of aromatic nitrogens is 2. The molecule has 0 amide bonds. The number of pyridine rings is 1. The average molecular weight is 1610 g/mol. The molecule has 2 aromatic heterocycles. The average Bonchev–Trinajstić information content (AvgIpc) is 1.14. The van der Waals surface area contributed by atoms with Crippen molar-refractivity contribution < 1.29 is 81.3 Å². The van der Waals surface area contributed by atoms with Crippen molar-refractivity contribution in [3.05, 3.63) is 180 Å². The van der Waals surface area contributed by atoms with Crippen molar-refractivity contribution in [1.29, 1.82) is 0 Å². The zero-order valence-electron chi connectivity index (χ0n) is 61.9. The molecule has 7 aromatic rings. The summed E-state index contributed by atoms with van der Waals surface area (Å²) in [6, 6.07) is 22.0. The second-order valence-electron chi connectivity index (χ2n) is 28.9. The Labute approximate surface area is 641 Å². The highest BCUT2D eigenvalue weighted by molar-refractivity contribution is 7.92. The van der Waals surface area contributed by atoms with Gasteiger partial charge < -0.3 is 45.2 Å². The number of sulfone groups is 1. The highest BCUT2D eigenvalue weighted by atomic mass is 32.2. The summed E-state index contributed by atoms with van der Waals surface area (Å²) in [5.74, 6) is -0.810. The van der Waals surface area contributed by atoms with Gasteiger partial charge in [0, 0.05) is 127 Å². The Hall–Kier alpha value is -9.11. The quantitative estimate of drug-likeness (QED) is 0.0134. The number of aryl methyl sites for hydroxylation is 1. The van der Waals surface area contributed by atoms with Crippen molar-refractivity contribution in [1.82, 2.24) is 14.9 Å². The third-order valence-corrected chi connectivity index (χ3v) is 23.4. The third kappa shape index (κ3) is 24.7. The van der Waals surface area contributed by atoms with Crippen LogP contribution < -0.4 is 36.3 Å². The van der Waals surface area contributed by atoms with E-state index in [4.69, 9.17) is 35.0 Å². The van der Waals surface area contributed by atoms with Crippen LogP contribution in [0.5, 0.6) is 11.5 Å². The minimum atomic E-state index is -4.41. The lowest BCUT2D eigenvalue weighted by Gasteiger charge is -2.39. The lowest BCUT2D eigenvalue weighted by atomic mass is 9.72. The smallest absolute Gasteiger partial charge is 0.416 e. The number of H-pyrrole nitrogens is 1. The van der Waals surface area contributed by atoms with E-state index in [0.29, 0.717) is 100.0 Å². The maximum atomic E-state index is 14.1. The van der Waals surface area contributed by atoms with Crippen molar-refractivity contribution in [3.63, 3.8) is 0 Å². The third-order valence-electron chi connectivity index (χ3n) is 19.9. The summed E-state index contributed by atoms with van der Waals surface area (Å²) in [5, 5.41) is 50.0. The Morgan fingerprint density at radius 1 is 0.694 bits per heavy atom. The topological polar surface area (TPSA) is 423 Å². The first-order valence-corrected chi connectivity index (χ1v) is 41.1. The van der Waals surface area contributed by atoms with Crippen LogP contribution in [-0.4, -0.2) is 158 Å². The number of nitrogens with one attached hydrogen (secondary N) is 3. The number of sulfonamides is 2. The molecule has 6 heterocycles. The fourth-order valence-electron chi connectivity index (χ4n) is 13.8. The molecule has 0 radical (unpaired) electrons. The molecule has 111 heavy (non-hydrogen) atoms. The molecular weight excluding hydrogens is 1510 g/mol. The molecule has 0 saturated carbocycles. The number of hydrogen-bond acceptors (Lipinski definition) is 23. The number of carbonyl (C=O) groups is 1. The fraction of sp³-hybridized carbons (Fsp3) is 0.467. The first-order chi connectivity index (χ1) is 52.5. The number of carbonyl (C=O) groups excluding carboxylic acids is 1. The summed E-state index contributed by atoms with van der Waals surface area (Å²) in [4.78, 5) is 56.1. The number of nitro groups is 3. The van der Waals surface area contributed by atoms with Gasteiger partial charge in [-0.3, -0.25) is 40.0 Å². The fourth-order valence-corrected chi connectivity index (χ4v) is 16.1. The summed E-state index contributed by atoms with van der Waals surface area (Å²) in [6.45, 7) is 16.1. The highest BCUT2D eigenvalue weighted by Gasteiger charge is 2.35. The van der Waals surface area contributed by atoms with Gasteiger partial charge in [-0.25, -0.2) is 40.5 Å². The van der Waals surface area contributed by atoms with Crippen molar-refractivity contribution in [2.75, 3.05) is 113 Å². The molecule has 3 unspecified atom stereocenters. The standard InChI is InChI=1S/C49H55F3N6O7S.C13H19N3O5S.C7H15NO.C6H5FN2O4S/c1-32-23-36(49(50,51)52)6-9-40(32)42-27-48(2,3)15-12-35(42)29-56-18-20-57(21-19-56)37-7-10-41(46(25-37)65-38-24-34-14-17-54-47(34)55-28-38)45(59)31-66(62,63)39-8-11-43(44(26-39)58(60)61)53-16-13-33-5-4-22-64-30-33;14-22(19,20)11-3-4-12(13(8-11)16(17)18)15-6-5-10-2-1-7-21-9-10;8-4-3-7-2-1-5-9-6-7;7-5-2-1-4(14(8,12)13)3-6(5)9(10)11/h6-11,14,17,23-26,28,33,53H,4-5,12-13,15-16,18-22,27,29-31H2,1-3H3,(H,54,55);3-4,8,10,15H,1-2,5-7,9H2,(H2,14,19,20);7H,1-6,8H2;1-3H,(H2,8,12,13). The predicted octanol–water partition coefficient (Wildman–Crippen LogP) is 12.9. The van der Waals surface area contributed by atoms with Gasteiger partial charge in [0.1, 0.15) is 34.3 Å². The molecule has 9 N–H and O–H groups in total. The van der Waals surface area contributed by atoms with E-state index in [1.54, 1.807) is 43.5 Å². The summed E-state index contributed by atoms with van der Waals surface area (Å²) in [6.07, 6.45) is 10.8. The van der Waals surface area contributed by atoms with Gasteiger partial charge in [-0.05, 0) is 203 Å². The molecular formula is C75H94F4N12O17S3. The number of nitrogens with two attached hydrogens (primary N) is 3. The predicted molar refractivity (Wildman–Crippen MR) is 411 cm³/mol. The molecule has 36 heteroatoms. The van der Waals surface area contributed by atoms with Crippen molar-refractivity contribution >= 4 is 86.4 Å². The number of primary sulfonamides is 2. The Kier molecular flexibility index (Phi) is 29.7. The molecule has 602 valence electrons. The molecule has 0 spiro atoms. The molecule has 4 saturated heterocycles. The SMILES string of the molecule is Cc1cc(C(F)(F)F)ccc1C1=C(CN2CCN(c3ccc(C(=O)CS(=O)(=O)c4ccc(NCCC5CCCOC5)c([N+](=O)[O-])c4)c(Oc4cnc5[nH]ccc5c4)c3)CC2)CCC(C)(C)C1.NCCC1CCCOC1.NS(=O)(=O)c1ccc(F)c([N+](=O)[O-])c1.NS(=O)(=O)c1ccc(NCCC2CCCOC2)c([N+](=O)[O-])c1. The van der Waals surface area contributed by atoms with Gasteiger partial charge in [-0.2, -0.15) is 17.6 Å². The molecule has 12 rings (SSSR count). The number of aromatic amines is 1. The number of anilines is 3. The van der Waals surface area contributed by atoms with Crippen molar-refractivity contribution in [3.8, 4) is 11.5 Å². The number of ether oxygens (including phenoxy) is 4. The van der Waals surface area contributed by atoms with Crippen molar-refractivity contribution in [2.45, 2.75) is 119 Å². The van der Waals surface area contributed by atoms with Crippen LogP contribution in [0.15, 0.2) is 136 Å². The lowest BCUT2D eigenvalue weighted by molar-refractivity contribution is -0.387. The van der Waals surface area contributed by atoms with Gasteiger partial charge in [-0.15, -0.1) is 0 Å². The first kappa shape index (κ1) is 85.9. The Morgan fingerprint density at radius 3 is 1.76 bits per heavy atom. The number of nitrogens with zero attached hydrogens (tertiary/aromatic N) is 6. The molecule has 5 aliphatic rings. The number of hydrogen-bond donors (Lipinski definition) is 6. The van der Waals surface area contributed by atoms with Crippen LogP contribution >= 0.6 is 0 Å². The number of allylic oxidation sites excluding steroid dienone is 1. The van der Waals surface area contributed by atoms with Crippen LogP contribution in [0.1, 0.15) is 118 Å². The minimum absolute atomic E-state index is 0.0158. The number of alkyl halides is 3. The number of nitro benzene ring substituents is 3. The molecule has 4 fully saturated rings. The Morgan fingerprint density at radius 2 is 1.23 bits per heavy atom. The van der Waals surface area contributed by atoms with E-state index in [2.05, 4.69) is 44.2 Å². The van der Waals surface area contributed by atoms with E-state index in [1.165, 1.54) is 61.0 Å². The number of fused-ring (bicyclic) bond motifs is 1. The normalized spacial score (nSPS) is 18.4. The number of piperazine rings is 1. The number of rotatable bonds is 25. The first-order valence-electron chi connectivity index (χ1n) is 36.4. The maximum Gasteiger partial charge on any atom is 0.416 e. The second kappa shape index (κ2) is 38.4. The van der Waals surface area contributed by atoms with Gasteiger partial charge in [0.15, 0.2) is 15.6 Å². The molecule has 0 bridgehead atoms. The zero-order chi connectivity index (χ0) is 80.4. The Bertz CT molecular complexity index is 4830. The number of Topliss-reactive ketones (excluding diaryl/α,β-unsaturated/α-hetero) is 1. The van der Waals surface area contributed by atoms with Gasteiger partial charge in [0.25, 0.3) is 11.4 Å². The van der Waals surface area contributed by atoms with Gasteiger partial charge in [0.05, 0.1) is 46.8 Å². The molecule has 29 nitrogen and oxygen atoms in total. The van der Waals surface area contributed by atoms with Crippen LogP contribution in [0.4, 0.5) is 51.7 Å². The van der Waals surface area contributed by atoms with E-state index in [-0.39, 0.29) is 43.6 Å². The molecule has 1 aliphatic carbocycles. The Balaban J connectivity index is 0.000000251. The molecule has 4 aliphatic heterocycles. The highest BCUT2D eigenvalue weighted by Crippen LogP contribution is 2.45.